The zero-order valence-electron chi connectivity index (χ0n) is 10.9. The van der Waals surface area contributed by atoms with Gasteiger partial charge in [0.25, 0.3) is 0 Å². The molecule has 3 aliphatic heterocycles. The van der Waals surface area contributed by atoms with Crippen LogP contribution >= 0.6 is 46.4 Å². The summed E-state index contributed by atoms with van der Waals surface area (Å²) in [6.45, 7) is 7.25. The van der Waals surface area contributed by atoms with E-state index in [9.17, 15) is 0 Å². The van der Waals surface area contributed by atoms with Gasteiger partial charge in [-0.2, -0.15) is 0 Å². The van der Waals surface area contributed by atoms with Crippen LogP contribution < -0.4 is 0 Å². The van der Waals surface area contributed by atoms with Gasteiger partial charge in [0.2, 0.25) is 0 Å². The Bertz CT molecular complexity index is 489. The van der Waals surface area contributed by atoms with E-state index in [1.165, 1.54) is 0 Å². The molecule has 2 saturated heterocycles. The second-order valence-corrected chi connectivity index (χ2v) is 8.08. The largest absolute Gasteiger partial charge is 0.354 e. The van der Waals surface area contributed by atoms with Gasteiger partial charge in [0, 0.05) is 0 Å². The van der Waals surface area contributed by atoms with Crippen LogP contribution in [0.1, 0.15) is 27.7 Å². The van der Waals surface area contributed by atoms with Gasteiger partial charge in [0.1, 0.15) is 23.4 Å². The molecule has 3 aliphatic rings. The summed E-state index contributed by atoms with van der Waals surface area (Å²) in [4.78, 5) is 0. The average Bonchev–Trinajstić information content (AvgIpc) is 2.70. The summed E-state index contributed by atoms with van der Waals surface area (Å²) in [5, 5.41) is 0.443. The SMILES string of the molecule is CC1(C)OC2C(O1)C1(C)OC2(C)C(Cl)=C(Cl)C1(Cl)Cl. The molecule has 0 saturated carbocycles. The van der Waals surface area contributed by atoms with E-state index in [1.807, 2.05) is 20.8 Å². The third-order valence-corrected chi connectivity index (χ3v) is 6.59. The predicted octanol–water partition coefficient (Wildman–Crippen LogP) is 3.93. The van der Waals surface area contributed by atoms with E-state index in [0.29, 0.717) is 0 Å². The minimum atomic E-state index is -1.48. The van der Waals surface area contributed by atoms with Crippen molar-refractivity contribution < 1.29 is 14.2 Å². The first-order valence-corrected chi connectivity index (χ1v) is 7.47. The minimum absolute atomic E-state index is 0.174. The Kier molecular flexibility index (Phi) is 2.90. The molecule has 0 spiro atoms. The van der Waals surface area contributed by atoms with Gasteiger partial charge >= 0.3 is 0 Å². The van der Waals surface area contributed by atoms with Crippen molar-refractivity contribution in [1.82, 2.24) is 0 Å². The number of ether oxygens (including phenoxy) is 3. The number of halogens is 4. The van der Waals surface area contributed by atoms with Crippen LogP contribution in [0.2, 0.25) is 0 Å². The maximum atomic E-state index is 6.40. The molecule has 108 valence electrons. The van der Waals surface area contributed by atoms with Crippen LogP contribution in [0.25, 0.3) is 0 Å². The second-order valence-electron chi connectivity index (χ2n) is 6.00. The molecule has 0 radical (unpaired) electrons. The summed E-state index contributed by atoms with van der Waals surface area (Å²) in [7, 11) is 0. The van der Waals surface area contributed by atoms with Gasteiger partial charge < -0.3 is 14.2 Å². The molecule has 2 bridgehead atoms. The molecule has 0 aromatic carbocycles. The molecule has 19 heavy (non-hydrogen) atoms. The van der Waals surface area contributed by atoms with Gasteiger partial charge in [-0.3, -0.25) is 0 Å². The van der Waals surface area contributed by atoms with E-state index < -0.39 is 33.5 Å². The molecule has 0 amide bonds. The first-order valence-electron chi connectivity index (χ1n) is 5.95. The molecule has 0 N–H and O–H groups in total. The lowest BCUT2D eigenvalue weighted by molar-refractivity contribution is -0.222. The zero-order valence-corrected chi connectivity index (χ0v) is 13.9. The number of alkyl halides is 2. The lowest BCUT2D eigenvalue weighted by atomic mass is 9.93. The zero-order chi connectivity index (χ0) is 14.4. The van der Waals surface area contributed by atoms with Gasteiger partial charge in [-0.25, -0.2) is 0 Å². The third kappa shape index (κ3) is 1.58. The molecule has 3 rings (SSSR count). The van der Waals surface area contributed by atoms with Crippen LogP contribution in [0.3, 0.4) is 0 Å². The molecule has 0 aromatic heterocycles. The van der Waals surface area contributed by atoms with E-state index in [4.69, 9.17) is 60.6 Å². The summed E-state index contributed by atoms with van der Waals surface area (Å²) in [6, 6.07) is 0. The summed E-state index contributed by atoms with van der Waals surface area (Å²) in [6.07, 6.45) is -0.861. The highest BCUT2D eigenvalue weighted by Crippen LogP contribution is 2.64. The van der Waals surface area contributed by atoms with Crippen LogP contribution in [-0.4, -0.2) is 33.5 Å². The van der Waals surface area contributed by atoms with Crippen molar-refractivity contribution in [2.45, 2.75) is 61.2 Å². The first kappa shape index (κ1) is 14.7. The van der Waals surface area contributed by atoms with Crippen molar-refractivity contribution in [2.24, 2.45) is 0 Å². The Morgan fingerprint density at radius 3 is 2.00 bits per heavy atom. The van der Waals surface area contributed by atoms with Crippen molar-refractivity contribution in [2.75, 3.05) is 0 Å². The number of fused-ring (bicyclic) bond motifs is 5. The van der Waals surface area contributed by atoms with Crippen LogP contribution in [0.5, 0.6) is 0 Å². The summed E-state index contributed by atoms with van der Waals surface area (Å²) < 4.78 is 16.4. The fourth-order valence-electron chi connectivity index (χ4n) is 3.11. The lowest BCUT2D eigenvalue weighted by Crippen LogP contribution is -2.56. The first-order chi connectivity index (χ1) is 8.46. The quantitative estimate of drug-likeness (QED) is 0.621. The molecular weight excluding hydrogens is 334 g/mol. The molecule has 7 heteroatoms. The Morgan fingerprint density at radius 2 is 1.42 bits per heavy atom. The van der Waals surface area contributed by atoms with Gasteiger partial charge in [0.15, 0.2) is 10.1 Å². The Balaban J connectivity index is 2.21. The number of hydrogen-bond donors (Lipinski definition) is 0. The highest BCUT2D eigenvalue weighted by atomic mass is 35.5. The molecular formula is C12H14Cl4O3. The van der Waals surface area contributed by atoms with Crippen LogP contribution in [0, 0.1) is 0 Å². The molecule has 4 atom stereocenters. The normalized spacial score (nSPS) is 50.5. The van der Waals surface area contributed by atoms with Crippen LogP contribution in [-0.2, 0) is 14.2 Å². The molecule has 2 fully saturated rings. The maximum absolute atomic E-state index is 6.40. The van der Waals surface area contributed by atoms with Crippen molar-refractivity contribution in [3.8, 4) is 0 Å². The highest BCUT2D eigenvalue weighted by molar-refractivity contribution is 6.59. The van der Waals surface area contributed by atoms with Crippen LogP contribution in [0.15, 0.2) is 10.1 Å². The van der Waals surface area contributed by atoms with E-state index in [2.05, 4.69) is 0 Å². The number of hydrogen-bond acceptors (Lipinski definition) is 3. The topological polar surface area (TPSA) is 27.7 Å². The monoisotopic (exact) mass is 346 g/mol. The smallest absolute Gasteiger partial charge is 0.185 e. The van der Waals surface area contributed by atoms with Crippen molar-refractivity contribution in [3.05, 3.63) is 10.1 Å². The van der Waals surface area contributed by atoms with Crippen molar-refractivity contribution in [3.63, 3.8) is 0 Å². The van der Waals surface area contributed by atoms with Crippen LogP contribution in [0.4, 0.5) is 0 Å². The lowest BCUT2D eigenvalue weighted by Gasteiger charge is -2.45. The molecule has 3 nitrogen and oxygen atoms in total. The third-order valence-electron chi connectivity index (χ3n) is 4.13. The van der Waals surface area contributed by atoms with E-state index in [-0.39, 0.29) is 10.1 Å². The molecule has 3 heterocycles. The standard InChI is InChI=1S/C12H14Cl4O3/c1-9(2)17-7-8(18-9)11(4)12(15,16)6(14)5(13)10(7,3)19-11/h7-8H,1-4H3. The summed E-state index contributed by atoms with van der Waals surface area (Å²) in [5.74, 6) is -0.744. The Morgan fingerprint density at radius 1 is 0.895 bits per heavy atom. The van der Waals surface area contributed by atoms with E-state index in [1.54, 1.807) is 6.92 Å². The fraction of sp³-hybridized carbons (Fsp3) is 0.833. The average molecular weight is 348 g/mol. The molecule has 0 aromatic rings. The van der Waals surface area contributed by atoms with E-state index in [0.717, 1.165) is 0 Å². The highest BCUT2D eigenvalue weighted by Gasteiger charge is 2.76. The predicted molar refractivity (Wildman–Crippen MR) is 74.9 cm³/mol. The van der Waals surface area contributed by atoms with Crippen molar-refractivity contribution >= 4 is 46.4 Å². The minimum Gasteiger partial charge on any atom is -0.354 e. The van der Waals surface area contributed by atoms with E-state index >= 15 is 0 Å². The van der Waals surface area contributed by atoms with Gasteiger partial charge in [0.05, 0.1) is 10.1 Å². The molecule has 0 aliphatic carbocycles. The number of rotatable bonds is 0. The Labute approximate surface area is 132 Å². The summed E-state index contributed by atoms with van der Waals surface area (Å²) in [5.41, 5.74) is -1.93. The fourth-order valence-corrected chi connectivity index (χ4v) is 4.35. The Hall–Kier alpha value is 0.780. The van der Waals surface area contributed by atoms with Gasteiger partial charge in [-0.15, -0.1) is 0 Å². The molecule has 4 unspecified atom stereocenters. The summed E-state index contributed by atoms with van der Waals surface area (Å²) >= 11 is 25.4. The van der Waals surface area contributed by atoms with Crippen molar-refractivity contribution in [1.29, 1.82) is 0 Å². The maximum Gasteiger partial charge on any atom is 0.185 e. The second kappa shape index (κ2) is 3.75. The van der Waals surface area contributed by atoms with Gasteiger partial charge in [-0.1, -0.05) is 46.4 Å². The van der Waals surface area contributed by atoms with Gasteiger partial charge in [-0.05, 0) is 27.7 Å².